The molecule has 140 valence electrons. The number of rotatable bonds is 8. The summed E-state index contributed by atoms with van der Waals surface area (Å²) in [5, 5.41) is 3.64. The summed E-state index contributed by atoms with van der Waals surface area (Å²) in [7, 11) is 0. The molecule has 2 aromatic rings. The third kappa shape index (κ3) is 5.44. The minimum atomic E-state index is -0.779. The van der Waals surface area contributed by atoms with Crippen molar-refractivity contribution in [3.63, 3.8) is 0 Å². The van der Waals surface area contributed by atoms with E-state index in [1.54, 1.807) is 43.3 Å². The molecule has 1 N–H and O–H groups in total. The Kier molecular flexibility index (Phi) is 7.42. The van der Waals surface area contributed by atoms with Crippen molar-refractivity contribution in [1.82, 2.24) is 0 Å². The summed E-state index contributed by atoms with van der Waals surface area (Å²) in [6.45, 7) is 6.39. The van der Waals surface area contributed by atoms with E-state index in [2.05, 4.69) is 5.32 Å². The second kappa shape index (κ2) is 9.55. The Labute approximate surface area is 163 Å². The number of hydrogen-bond donors (Lipinski definition) is 1. The Morgan fingerprint density at radius 3 is 2.38 bits per heavy atom. The largest absolute Gasteiger partial charge is 0.494 e. The van der Waals surface area contributed by atoms with E-state index in [1.165, 1.54) is 0 Å². The van der Waals surface area contributed by atoms with E-state index in [-0.39, 0.29) is 5.91 Å². The van der Waals surface area contributed by atoms with Crippen molar-refractivity contribution in [3.05, 3.63) is 46.4 Å². The summed E-state index contributed by atoms with van der Waals surface area (Å²) in [6.07, 6.45) is -0.779. The molecule has 0 saturated heterocycles. The molecule has 2 rings (SSSR count). The highest BCUT2D eigenvalue weighted by Gasteiger charge is 2.18. The van der Waals surface area contributed by atoms with E-state index in [0.29, 0.717) is 46.2 Å². The van der Waals surface area contributed by atoms with Crippen molar-refractivity contribution < 1.29 is 19.0 Å². The Morgan fingerprint density at radius 1 is 1.04 bits per heavy atom. The molecule has 0 bridgehead atoms. The molecule has 0 aliphatic heterocycles. The van der Waals surface area contributed by atoms with E-state index in [4.69, 9.17) is 37.4 Å². The fourth-order valence-electron chi connectivity index (χ4n) is 2.19. The standard InChI is InChI=1S/C19H21Cl2NO4/c1-4-24-14-7-9-18(25-5-2)16(11-14)22-19(23)12(3)26-17-8-6-13(20)10-15(17)21/h6-12H,4-5H2,1-3H3,(H,22,23). The summed E-state index contributed by atoms with van der Waals surface area (Å²) in [4.78, 5) is 12.5. The smallest absolute Gasteiger partial charge is 0.265 e. The van der Waals surface area contributed by atoms with Gasteiger partial charge >= 0.3 is 0 Å². The topological polar surface area (TPSA) is 56.8 Å². The lowest BCUT2D eigenvalue weighted by Gasteiger charge is -2.18. The van der Waals surface area contributed by atoms with Crippen LogP contribution in [0.25, 0.3) is 0 Å². The predicted octanol–water partition coefficient (Wildman–Crippen LogP) is 5.20. The van der Waals surface area contributed by atoms with Crippen LogP contribution < -0.4 is 19.5 Å². The highest BCUT2D eigenvalue weighted by molar-refractivity contribution is 6.35. The van der Waals surface area contributed by atoms with Gasteiger partial charge < -0.3 is 19.5 Å². The minimum Gasteiger partial charge on any atom is -0.494 e. The number of carbonyl (C=O) groups is 1. The zero-order valence-electron chi connectivity index (χ0n) is 14.8. The van der Waals surface area contributed by atoms with E-state index in [1.807, 2.05) is 13.8 Å². The number of halogens is 2. The van der Waals surface area contributed by atoms with Crippen LogP contribution in [0.15, 0.2) is 36.4 Å². The van der Waals surface area contributed by atoms with Crippen molar-refractivity contribution in [2.75, 3.05) is 18.5 Å². The van der Waals surface area contributed by atoms with Gasteiger partial charge in [-0.1, -0.05) is 23.2 Å². The van der Waals surface area contributed by atoms with Crippen molar-refractivity contribution in [2.24, 2.45) is 0 Å². The minimum absolute atomic E-state index is 0.338. The van der Waals surface area contributed by atoms with Crippen LogP contribution in [0.1, 0.15) is 20.8 Å². The van der Waals surface area contributed by atoms with Gasteiger partial charge in [0.15, 0.2) is 6.10 Å². The molecule has 0 spiro atoms. The molecule has 0 aliphatic rings. The SMILES string of the molecule is CCOc1ccc(OCC)c(NC(=O)C(C)Oc2ccc(Cl)cc2Cl)c1. The van der Waals surface area contributed by atoms with Crippen LogP contribution in [0.2, 0.25) is 10.0 Å². The van der Waals surface area contributed by atoms with Crippen molar-refractivity contribution >= 4 is 34.8 Å². The molecular formula is C19H21Cl2NO4. The summed E-state index contributed by atoms with van der Waals surface area (Å²) < 4.78 is 16.7. The molecule has 26 heavy (non-hydrogen) atoms. The van der Waals surface area contributed by atoms with Gasteiger partial charge in [-0.3, -0.25) is 4.79 Å². The van der Waals surface area contributed by atoms with Gasteiger partial charge in [0.1, 0.15) is 17.2 Å². The molecule has 7 heteroatoms. The lowest BCUT2D eigenvalue weighted by atomic mass is 10.2. The van der Waals surface area contributed by atoms with Crippen LogP contribution in [-0.2, 0) is 4.79 Å². The fourth-order valence-corrected chi connectivity index (χ4v) is 2.65. The fraction of sp³-hybridized carbons (Fsp3) is 0.316. The quantitative estimate of drug-likeness (QED) is 0.664. The molecule has 0 radical (unpaired) electrons. The van der Waals surface area contributed by atoms with Crippen LogP contribution in [0.4, 0.5) is 5.69 Å². The Bertz CT molecular complexity index is 767. The molecule has 5 nitrogen and oxygen atoms in total. The van der Waals surface area contributed by atoms with Gasteiger partial charge in [-0.2, -0.15) is 0 Å². The third-order valence-corrected chi connectivity index (χ3v) is 3.92. The summed E-state index contributed by atoms with van der Waals surface area (Å²) in [6, 6.07) is 10.1. The first kappa shape index (κ1) is 20.2. The molecule has 1 atom stereocenters. The maximum absolute atomic E-state index is 12.5. The number of ether oxygens (including phenoxy) is 3. The molecule has 1 unspecified atom stereocenters. The average Bonchev–Trinajstić information content (AvgIpc) is 2.60. The first-order valence-electron chi connectivity index (χ1n) is 8.26. The monoisotopic (exact) mass is 397 g/mol. The van der Waals surface area contributed by atoms with Crippen LogP contribution in [0.3, 0.4) is 0 Å². The number of anilines is 1. The summed E-state index contributed by atoms with van der Waals surface area (Å²) in [5.74, 6) is 1.24. The number of benzene rings is 2. The molecule has 1 amide bonds. The van der Waals surface area contributed by atoms with E-state index >= 15 is 0 Å². The zero-order valence-corrected chi connectivity index (χ0v) is 16.4. The van der Waals surface area contributed by atoms with Crippen molar-refractivity contribution in [1.29, 1.82) is 0 Å². The Balaban J connectivity index is 2.13. The molecule has 0 aromatic heterocycles. The summed E-state index contributed by atoms with van der Waals surface area (Å²) in [5.41, 5.74) is 0.514. The molecule has 0 saturated carbocycles. The first-order chi connectivity index (χ1) is 12.4. The molecule has 2 aromatic carbocycles. The first-order valence-corrected chi connectivity index (χ1v) is 9.02. The van der Waals surface area contributed by atoms with Crippen molar-refractivity contribution in [2.45, 2.75) is 26.9 Å². The van der Waals surface area contributed by atoms with Gasteiger partial charge in [0, 0.05) is 11.1 Å². The number of hydrogen-bond acceptors (Lipinski definition) is 4. The summed E-state index contributed by atoms with van der Waals surface area (Å²) >= 11 is 11.9. The van der Waals surface area contributed by atoms with Crippen molar-refractivity contribution in [3.8, 4) is 17.2 Å². The van der Waals surface area contributed by atoms with Crippen LogP contribution in [0.5, 0.6) is 17.2 Å². The van der Waals surface area contributed by atoms with Gasteiger partial charge in [-0.05, 0) is 51.1 Å². The van der Waals surface area contributed by atoms with Crippen LogP contribution >= 0.6 is 23.2 Å². The van der Waals surface area contributed by atoms with Crippen LogP contribution in [0, 0.1) is 0 Å². The van der Waals surface area contributed by atoms with Gasteiger partial charge in [0.2, 0.25) is 0 Å². The van der Waals surface area contributed by atoms with Gasteiger partial charge in [-0.15, -0.1) is 0 Å². The molecule has 0 fully saturated rings. The highest BCUT2D eigenvalue weighted by atomic mass is 35.5. The van der Waals surface area contributed by atoms with Gasteiger partial charge in [0.25, 0.3) is 5.91 Å². The lowest BCUT2D eigenvalue weighted by Crippen LogP contribution is -2.30. The molecule has 0 aliphatic carbocycles. The Morgan fingerprint density at radius 2 is 1.73 bits per heavy atom. The average molecular weight is 398 g/mol. The van der Waals surface area contributed by atoms with Crippen LogP contribution in [-0.4, -0.2) is 25.2 Å². The third-order valence-electron chi connectivity index (χ3n) is 3.39. The Hall–Kier alpha value is -2.11. The molecular weight excluding hydrogens is 377 g/mol. The van der Waals surface area contributed by atoms with E-state index < -0.39 is 6.10 Å². The van der Waals surface area contributed by atoms with E-state index in [9.17, 15) is 4.79 Å². The predicted molar refractivity (Wildman–Crippen MR) is 104 cm³/mol. The maximum atomic E-state index is 12.5. The molecule has 0 heterocycles. The van der Waals surface area contributed by atoms with Gasteiger partial charge in [-0.25, -0.2) is 0 Å². The normalized spacial score (nSPS) is 11.6. The number of amides is 1. The zero-order chi connectivity index (χ0) is 19.1. The number of nitrogens with one attached hydrogen (secondary N) is 1. The lowest BCUT2D eigenvalue weighted by molar-refractivity contribution is -0.122. The maximum Gasteiger partial charge on any atom is 0.265 e. The second-order valence-electron chi connectivity index (χ2n) is 5.35. The van der Waals surface area contributed by atoms with Gasteiger partial charge in [0.05, 0.1) is 23.9 Å². The number of carbonyl (C=O) groups excluding carboxylic acids is 1. The van der Waals surface area contributed by atoms with E-state index in [0.717, 1.165) is 0 Å². The second-order valence-corrected chi connectivity index (χ2v) is 6.19. The highest BCUT2D eigenvalue weighted by Crippen LogP contribution is 2.31.